The molecule has 4 rings (SSSR count). The van der Waals surface area contributed by atoms with E-state index < -0.39 is 21.6 Å². The molecule has 2 bridgehead atoms. The van der Waals surface area contributed by atoms with E-state index in [4.69, 9.17) is 6.42 Å². The quantitative estimate of drug-likeness (QED) is 0.752. The molecule has 2 unspecified atom stereocenters. The number of terminal acetylenes is 1. The monoisotopic (exact) mass is 402 g/mol. The highest BCUT2D eigenvalue weighted by molar-refractivity contribution is 7.90. The van der Waals surface area contributed by atoms with Crippen molar-refractivity contribution in [2.45, 2.75) is 50.2 Å². The fourth-order valence-electron chi connectivity index (χ4n) is 4.73. The van der Waals surface area contributed by atoms with E-state index in [9.17, 15) is 13.2 Å². The van der Waals surface area contributed by atoms with E-state index in [-0.39, 0.29) is 24.4 Å². The predicted molar refractivity (Wildman–Crippen MR) is 109 cm³/mol. The number of piperidine rings is 1. The number of hydrogen-bond acceptors (Lipinski definition) is 5. The van der Waals surface area contributed by atoms with E-state index >= 15 is 0 Å². The van der Waals surface area contributed by atoms with Crippen LogP contribution in [-0.2, 0) is 14.8 Å². The number of carbonyl (C=O) groups excluding carboxylic acids is 1. The molecule has 7 nitrogen and oxygen atoms in total. The second-order valence-corrected chi connectivity index (χ2v) is 9.62. The zero-order chi connectivity index (χ0) is 19.9. The van der Waals surface area contributed by atoms with Gasteiger partial charge in [0.2, 0.25) is 11.4 Å². The second-order valence-electron chi connectivity index (χ2n) is 7.69. The number of para-hydroxylation sites is 2. The van der Waals surface area contributed by atoms with Crippen LogP contribution in [0.3, 0.4) is 0 Å². The van der Waals surface area contributed by atoms with Crippen molar-refractivity contribution in [1.29, 1.82) is 0 Å². The first kappa shape index (κ1) is 19.1. The molecule has 3 atom stereocenters. The highest BCUT2D eigenvalue weighted by Crippen LogP contribution is 2.39. The van der Waals surface area contributed by atoms with Crippen LogP contribution >= 0.6 is 0 Å². The smallest absolute Gasteiger partial charge is 0.255 e. The molecule has 3 heterocycles. The molecule has 8 heteroatoms. The van der Waals surface area contributed by atoms with Crippen molar-refractivity contribution in [3.05, 3.63) is 24.3 Å². The Morgan fingerprint density at radius 2 is 1.89 bits per heavy atom. The standard InChI is InChI=1S/C20H26N4O3S/c1-3-12-23-13-14(4-2)17-10-7-11-18(19(23)25)24(17)28(26,27)20-21-15-8-5-6-9-16(15)22-20/h1,5-6,8-9,14,17-18,20-22H,4,7,10-13H2,2H3/t14-,17?,18?/m0/s1. The molecule has 0 aromatic heterocycles. The zero-order valence-corrected chi connectivity index (χ0v) is 16.8. The third kappa shape index (κ3) is 3.03. The Balaban J connectivity index is 1.71. The third-order valence-electron chi connectivity index (χ3n) is 6.11. The molecular weight excluding hydrogens is 376 g/mol. The Labute approximate surface area is 166 Å². The maximum Gasteiger partial charge on any atom is 0.255 e. The lowest BCUT2D eigenvalue weighted by atomic mass is 9.89. The zero-order valence-electron chi connectivity index (χ0n) is 16.0. The summed E-state index contributed by atoms with van der Waals surface area (Å²) >= 11 is 0. The minimum Gasteiger partial charge on any atom is -0.350 e. The number of hydrogen-bond donors (Lipinski definition) is 2. The molecular formula is C20H26N4O3S. The number of rotatable bonds is 4. The lowest BCUT2D eigenvalue weighted by molar-refractivity contribution is -0.134. The average molecular weight is 403 g/mol. The number of nitrogens with one attached hydrogen (secondary N) is 2. The Bertz CT molecular complexity index is 885. The molecule has 1 aromatic rings. The molecule has 0 saturated carbocycles. The van der Waals surface area contributed by atoms with E-state index in [2.05, 4.69) is 16.6 Å². The highest BCUT2D eigenvalue weighted by atomic mass is 32.2. The summed E-state index contributed by atoms with van der Waals surface area (Å²) in [7, 11) is -3.81. The fourth-order valence-corrected chi connectivity index (χ4v) is 6.73. The van der Waals surface area contributed by atoms with Gasteiger partial charge in [0, 0.05) is 12.6 Å². The number of benzene rings is 1. The van der Waals surface area contributed by atoms with Gasteiger partial charge >= 0.3 is 0 Å². The average Bonchev–Trinajstić information content (AvgIpc) is 3.12. The summed E-state index contributed by atoms with van der Waals surface area (Å²) in [4.78, 5) is 14.8. The first-order chi connectivity index (χ1) is 13.5. The number of nitrogens with zero attached hydrogens (tertiary/aromatic N) is 2. The van der Waals surface area contributed by atoms with Crippen molar-refractivity contribution in [2.24, 2.45) is 5.92 Å². The van der Waals surface area contributed by atoms with Gasteiger partial charge in [0.1, 0.15) is 6.04 Å². The van der Waals surface area contributed by atoms with Crippen LogP contribution in [0.2, 0.25) is 0 Å². The van der Waals surface area contributed by atoms with Gasteiger partial charge in [0.05, 0.1) is 17.9 Å². The van der Waals surface area contributed by atoms with Gasteiger partial charge in [-0.2, -0.15) is 4.31 Å². The normalized spacial score (nSPS) is 28.1. The summed E-state index contributed by atoms with van der Waals surface area (Å²) in [5.41, 5.74) is 0.532. The molecule has 2 N–H and O–H groups in total. The lowest BCUT2D eigenvalue weighted by Crippen LogP contribution is -2.58. The van der Waals surface area contributed by atoms with Crippen LogP contribution < -0.4 is 10.6 Å². The molecule has 1 amide bonds. The summed E-state index contributed by atoms with van der Waals surface area (Å²) in [6.07, 6.45) is 8.41. The van der Waals surface area contributed by atoms with Gasteiger partial charge < -0.3 is 15.5 Å². The van der Waals surface area contributed by atoms with Gasteiger partial charge in [-0.05, 0) is 37.3 Å². The Morgan fingerprint density at radius 1 is 1.21 bits per heavy atom. The van der Waals surface area contributed by atoms with Crippen LogP contribution in [0.4, 0.5) is 11.4 Å². The van der Waals surface area contributed by atoms with Crippen LogP contribution in [-0.4, -0.2) is 54.2 Å². The Hall–Kier alpha value is -2.24. The van der Waals surface area contributed by atoms with E-state index in [1.807, 2.05) is 31.2 Å². The van der Waals surface area contributed by atoms with Gasteiger partial charge in [-0.1, -0.05) is 31.4 Å². The molecule has 0 spiro atoms. The molecule has 0 aliphatic carbocycles. The van der Waals surface area contributed by atoms with Crippen LogP contribution in [0, 0.1) is 18.3 Å². The molecule has 3 aliphatic heterocycles. The maximum absolute atomic E-state index is 13.7. The third-order valence-corrected chi connectivity index (χ3v) is 8.05. The lowest BCUT2D eigenvalue weighted by Gasteiger charge is -2.41. The molecule has 3 aliphatic rings. The van der Waals surface area contributed by atoms with Crippen LogP contribution in [0.15, 0.2) is 24.3 Å². The summed E-state index contributed by atoms with van der Waals surface area (Å²) in [6, 6.07) is 6.54. The van der Waals surface area contributed by atoms with Crippen molar-refractivity contribution >= 4 is 27.3 Å². The molecule has 2 fully saturated rings. The molecule has 0 radical (unpaired) electrons. The van der Waals surface area contributed by atoms with Gasteiger partial charge in [-0.25, -0.2) is 8.42 Å². The van der Waals surface area contributed by atoms with Crippen molar-refractivity contribution in [3.63, 3.8) is 0 Å². The first-order valence-electron chi connectivity index (χ1n) is 9.84. The van der Waals surface area contributed by atoms with E-state index in [0.29, 0.717) is 13.0 Å². The predicted octanol–water partition coefficient (Wildman–Crippen LogP) is 1.86. The summed E-state index contributed by atoms with van der Waals surface area (Å²) < 4.78 is 28.9. The molecule has 28 heavy (non-hydrogen) atoms. The maximum atomic E-state index is 13.7. The van der Waals surface area contributed by atoms with Crippen molar-refractivity contribution in [2.75, 3.05) is 23.7 Å². The number of anilines is 2. The van der Waals surface area contributed by atoms with Crippen LogP contribution in [0.25, 0.3) is 0 Å². The summed E-state index contributed by atoms with van der Waals surface area (Å²) in [5.74, 6) is 2.45. The fraction of sp³-hybridized carbons (Fsp3) is 0.550. The number of carbonyl (C=O) groups is 1. The van der Waals surface area contributed by atoms with Crippen LogP contribution in [0.1, 0.15) is 32.6 Å². The number of amides is 1. The Morgan fingerprint density at radius 3 is 2.50 bits per heavy atom. The van der Waals surface area contributed by atoms with Crippen molar-refractivity contribution < 1.29 is 13.2 Å². The second kappa shape index (κ2) is 7.30. The van der Waals surface area contributed by atoms with Crippen molar-refractivity contribution in [1.82, 2.24) is 9.21 Å². The van der Waals surface area contributed by atoms with Crippen LogP contribution in [0.5, 0.6) is 0 Å². The summed E-state index contributed by atoms with van der Waals surface area (Å²) in [5, 5.41) is 6.14. The minimum atomic E-state index is -3.81. The summed E-state index contributed by atoms with van der Waals surface area (Å²) in [6.45, 7) is 2.78. The number of sulfonamides is 1. The van der Waals surface area contributed by atoms with Gasteiger partial charge in [-0.3, -0.25) is 4.79 Å². The topological polar surface area (TPSA) is 81.8 Å². The van der Waals surface area contributed by atoms with E-state index in [1.54, 1.807) is 4.90 Å². The first-order valence-corrected chi connectivity index (χ1v) is 11.3. The highest BCUT2D eigenvalue weighted by Gasteiger charge is 2.51. The van der Waals surface area contributed by atoms with E-state index in [0.717, 1.165) is 30.6 Å². The minimum absolute atomic E-state index is 0.0705. The van der Waals surface area contributed by atoms with Crippen molar-refractivity contribution in [3.8, 4) is 12.3 Å². The van der Waals surface area contributed by atoms with E-state index in [1.165, 1.54) is 4.31 Å². The van der Waals surface area contributed by atoms with Gasteiger partial charge in [0.25, 0.3) is 10.0 Å². The van der Waals surface area contributed by atoms with Gasteiger partial charge in [0.15, 0.2) is 0 Å². The SMILES string of the molecule is C#CCN1C[C@H](CC)C2CCCC(C1=O)N2S(=O)(=O)C1Nc2ccccc2N1. The number of fused-ring (bicyclic) bond motifs is 3. The molecule has 2 saturated heterocycles. The largest absolute Gasteiger partial charge is 0.350 e. The molecule has 150 valence electrons. The Kier molecular flexibility index (Phi) is 4.98. The van der Waals surface area contributed by atoms with Gasteiger partial charge in [-0.15, -0.1) is 6.42 Å². The molecule has 1 aromatic carbocycles.